The van der Waals surface area contributed by atoms with Gasteiger partial charge in [0.1, 0.15) is 12.2 Å². The quantitative estimate of drug-likeness (QED) is 0.218. The fraction of sp³-hybridized carbons (Fsp3) is 0.107. The molecule has 5 aromatic rings. The predicted molar refractivity (Wildman–Crippen MR) is 133 cm³/mol. The summed E-state index contributed by atoms with van der Waals surface area (Å²) < 4.78 is 11.1. The maximum Gasteiger partial charge on any atom is 0.339 e. The van der Waals surface area contributed by atoms with Gasteiger partial charge in [-0.25, -0.2) is 14.6 Å². The number of ether oxygens (including phenoxy) is 1. The SMILES string of the molecule is Cc1ccc2c(COC(=O)c3cc(-c4ccc(Cl)cc4)nc4ccccc34)cc(=O)oc2c1C. The molecule has 0 aliphatic carbocycles. The molecule has 168 valence electrons. The van der Waals surface area contributed by atoms with E-state index in [2.05, 4.69) is 0 Å². The van der Waals surface area contributed by atoms with Gasteiger partial charge in [-0.2, -0.15) is 0 Å². The molecule has 3 aromatic carbocycles. The van der Waals surface area contributed by atoms with E-state index in [9.17, 15) is 9.59 Å². The summed E-state index contributed by atoms with van der Waals surface area (Å²) >= 11 is 6.02. The van der Waals surface area contributed by atoms with E-state index in [4.69, 9.17) is 25.7 Å². The van der Waals surface area contributed by atoms with Gasteiger partial charge in [0.15, 0.2) is 0 Å². The van der Waals surface area contributed by atoms with Gasteiger partial charge in [0.2, 0.25) is 0 Å². The first-order chi connectivity index (χ1) is 16.4. The Kier molecular flexibility index (Phi) is 5.64. The fourth-order valence-corrected chi connectivity index (χ4v) is 4.10. The highest BCUT2D eigenvalue weighted by Crippen LogP contribution is 2.28. The minimum Gasteiger partial charge on any atom is -0.457 e. The van der Waals surface area contributed by atoms with E-state index in [-0.39, 0.29) is 6.61 Å². The van der Waals surface area contributed by atoms with Crippen molar-refractivity contribution in [1.82, 2.24) is 4.98 Å². The van der Waals surface area contributed by atoms with E-state index in [0.717, 1.165) is 22.1 Å². The second-order valence-corrected chi connectivity index (χ2v) is 8.57. The average molecular weight is 470 g/mol. The molecule has 2 aromatic heterocycles. The first-order valence-corrected chi connectivity index (χ1v) is 11.1. The number of para-hydroxylation sites is 1. The molecular formula is C28H20ClNO4. The largest absolute Gasteiger partial charge is 0.457 e. The summed E-state index contributed by atoms with van der Waals surface area (Å²) in [5.74, 6) is -0.501. The summed E-state index contributed by atoms with van der Waals surface area (Å²) in [6.07, 6.45) is 0. The molecule has 0 N–H and O–H groups in total. The van der Waals surface area contributed by atoms with Crippen molar-refractivity contribution in [2.24, 2.45) is 0 Å². The summed E-state index contributed by atoms with van der Waals surface area (Å²) in [7, 11) is 0. The van der Waals surface area contributed by atoms with Gasteiger partial charge in [-0.3, -0.25) is 0 Å². The number of carbonyl (C=O) groups excluding carboxylic acids is 1. The molecule has 0 radical (unpaired) electrons. The summed E-state index contributed by atoms with van der Waals surface area (Å²) in [5, 5.41) is 2.06. The molecule has 34 heavy (non-hydrogen) atoms. The van der Waals surface area contributed by atoms with Gasteiger partial charge >= 0.3 is 11.6 Å². The van der Waals surface area contributed by atoms with Crippen molar-refractivity contribution >= 4 is 39.4 Å². The molecule has 0 amide bonds. The van der Waals surface area contributed by atoms with Gasteiger partial charge in [-0.15, -0.1) is 0 Å². The van der Waals surface area contributed by atoms with Gasteiger partial charge in [-0.05, 0) is 49.2 Å². The molecule has 0 bridgehead atoms. The number of fused-ring (bicyclic) bond motifs is 2. The lowest BCUT2D eigenvalue weighted by Crippen LogP contribution is -2.09. The van der Waals surface area contributed by atoms with Crippen LogP contribution in [-0.2, 0) is 11.3 Å². The van der Waals surface area contributed by atoms with Crippen molar-refractivity contribution in [1.29, 1.82) is 0 Å². The highest BCUT2D eigenvalue weighted by molar-refractivity contribution is 6.30. The van der Waals surface area contributed by atoms with Crippen molar-refractivity contribution in [2.45, 2.75) is 20.5 Å². The standard InChI is InChI=1S/C28H20ClNO4/c1-16-7-12-21-19(13-26(31)34-27(21)17(16)2)15-33-28(32)23-14-25(18-8-10-20(29)11-9-18)30-24-6-4-3-5-22(23)24/h3-14H,15H2,1-2H3. The molecule has 0 atom stereocenters. The maximum atomic E-state index is 13.2. The van der Waals surface area contributed by atoms with Crippen molar-refractivity contribution < 1.29 is 13.9 Å². The summed E-state index contributed by atoms with van der Waals surface area (Å²) in [6.45, 7) is 3.79. The van der Waals surface area contributed by atoms with E-state index in [0.29, 0.717) is 38.3 Å². The Morgan fingerprint density at radius 3 is 2.53 bits per heavy atom. The Balaban J connectivity index is 1.53. The molecule has 6 heteroatoms. The molecule has 0 aliphatic heterocycles. The third kappa shape index (κ3) is 4.06. The monoisotopic (exact) mass is 469 g/mol. The topological polar surface area (TPSA) is 69.4 Å². The Labute approximate surface area is 200 Å². The number of nitrogens with zero attached hydrogens (tertiary/aromatic N) is 1. The number of aromatic nitrogens is 1. The average Bonchev–Trinajstić information content (AvgIpc) is 2.84. The fourth-order valence-electron chi connectivity index (χ4n) is 3.98. The number of hydrogen-bond donors (Lipinski definition) is 0. The number of esters is 1. The van der Waals surface area contributed by atoms with E-state index < -0.39 is 11.6 Å². The van der Waals surface area contributed by atoms with Crippen LogP contribution in [0.2, 0.25) is 5.02 Å². The number of rotatable bonds is 4. The summed E-state index contributed by atoms with van der Waals surface area (Å²) in [4.78, 5) is 30.1. The summed E-state index contributed by atoms with van der Waals surface area (Å²) in [5.41, 5.74) is 5.08. The molecule has 0 spiro atoms. The summed E-state index contributed by atoms with van der Waals surface area (Å²) in [6, 6.07) is 21.6. The van der Waals surface area contributed by atoms with Crippen LogP contribution in [0.15, 0.2) is 82.0 Å². The Morgan fingerprint density at radius 2 is 1.74 bits per heavy atom. The molecule has 0 fully saturated rings. The third-order valence-electron chi connectivity index (χ3n) is 5.95. The number of aryl methyl sites for hydroxylation is 2. The number of halogens is 1. The van der Waals surface area contributed by atoms with Crippen molar-refractivity contribution in [2.75, 3.05) is 0 Å². The van der Waals surface area contributed by atoms with Gasteiger partial charge in [0.25, 0.3) is 0 Å². The Hall–Kier alpha value is -3.96. The number of hydrogen-bond acceptors (Lipinski definition) is 5. The molecule has 0 unspecified atom stereocenters. The van der Waals surface area contributed by atoms with Crippen LogP contribution in [0.3, 0.4) is 0 Å². The lowest BCUT2D eigenvalue weighted by molar-refractivity contribution is 0.0476. The minimum atomic E-state index is -0.501. The first-order valence-electron chi connectivity index (χ1n) is 10.8. The van der Waals surface area contributed by atoms with Crippen molar-refractivity contribution in [3.8, 4) is 11.3 Å². The molecule has 2 heterocycles. The molecule has 0 aliphatic rings. The van der Waals surface area contributed by atoms with E-state index >= 15 is 0 Å². The van der Waals surface area contributed by atoms with Crippen LogP contribution in [0.5, 0.6) is 0 Å². The second kappa shape index (κ2) is 8.76. The third-order valence-corrected chi connectivity index (χ3v) is 6.20. The van der Waals surface area contributed by atoms with Gasteiger partial charge in [0, 0.05) is 33.0 Å². The molecule has 5 rings (SSSR count). The molecule has 5 nitrogen and oxygen atoms in total. The van der Waals surface area contributed by atoms with E-state index in [1.165, 1.54) is 6.07 Å². The Morgan fingerprint density at radius 1 is 0.971 bits per heavy atom. The predicted octanol–water partition coefficient (Wildman–Crippen LogP) is 6.64. The lowest BCUT2D eigenvalue weighted by atomic mass is 10.0. The zero-order valence-electron chi connectivity index (χ0n) is 18.6. The zero-order valence-corrected chi connectivity index (χ0v) is 19.3. The van der Waals surface area contributed by atoms with Crippen LogP contribution < -0.4 is 5.63 Å². The van der Waals surface area contributed by atoms with Gasteiger partial charge < -0.3 is 9.15 Å². The van der Waals surface area contributed by atoms with E-state index in [1.54, 1.807) is 18.2 Å². The van der Waals surface area contributed by atoms with Crippen LogP contribution in [0.4, 0.5) is 0 Å². The molecule has 0 saturated carbocycles. The smallest absolute Gasteiger partial charge is 0.339 e. The molecule has 0 saturated heterocycles. The van der Waals surface area contributed by atoms with E-state index in [1.807, 2.05) is 62.4 Å². The Bertz CT molecular complexity index is 1620. The second-order valence-electron chi connectivity index (χ2n) is 8.13. The van der Waals surface area contributed by atoms with Crippen LogP contribution >= 0.6 is 11.6 Å². The maximum absolute atomic E-state index is 13.2. The van der Waals surface area contributed by atoms with Gasteiger partial charge in [0.05, 0.1) is 16.8 Å². The highest BCUT2D eigenvalue weighted by Gasteiger charge is 2.17. The zero-order chi connectivity index (χ0) is 23.8. The van der Waals surface area contributed by atoms with Gasteiger partial charge in [-0.1, -0.05) is 54.1 Å². The normalized spacial score (nSPS) is 11.1. The minimum absolute atomic E-state index is 0.0592. The number of carbonyl (C=O) groups is 1. The van der Waals surface area contributed by atoms with Crippen molar-refractivity contribution in [3.05, 3.63) is 110 Å². The highest BCUT2D eigenvalue weighted by atomic mass is 35.5. The number of pyridine rings is 1. The lowest BCUT2D eigenvalue weighted by Gasteiger charge is -2.12. The first kappa shape index (κ1) is 21.9. The molecular weight excluding hydrogens is 450 g/mol. The van der Waals surface area contributed by atoms with Crippen LogP contribution in [-0.4, -0.2) is 11.0 Å². The van der Waals surface area contributed by atoms with Crippen molar-refractivity contribution in [3.63, 3.8) is 0 Å². The van der Waals surface area contributed by atoms with Crippen LogP contribution in [0.25, 0.3) is 33.1 Å². The number of benzene rings is 3. The van der Waals surface area contributed by atoms with Crippen LogP contribution in [0, 0.1) is 13.8 Å². The van der Waals surface area contributed by atoms with Crippen LogP contribution in [0.1, 0.15) is 27.0 Å².